The monoisotopic (exact) mass is 292 g/mol. The third-order valence-corrected chi connectivity index (χ3v) is 4.42. The number of nitrogens with one attached hydrogen (secondary N) is 1. The molecule has 0 saturated carbocycles. The zero-order valence-corrected chi connectivity index (χ0v) is 12.6. The van der Waals surface area contributed by atoms with E-state index in [0.29, 0.717) is 6.04 Å². The maximum Gasteiger partial charge on any atom is 0.0629 e. The molecule has 0 spiro atoms. The van der Waals surface area contributed by atoms with Gasteiger partial charge >= 0.3 is 0 Å². The molecule has 0 aliphatic heterocycles. The SMILES string of the molecule is CNC(C)c1cccc(SCc2ccncc2Cl)c1. The predicted octanol–water partition coefficient (Wildman–Crippen LogP) is 4.31. The number of nitrogens with zero attached hydrogens (tertiary/aromatic N) is 1. The van der Waals surface area contributed by atoms with Gasteiger partial charge in [-0.25, -0.2) is 0 Å². The highest BCUT2D eigenvalue weighted by Crippen LogP contribution is 2.27. The summed E-state index contributed by atoms with van der Waals surface area (Å²) in [6.45, 7) is 2.16. The van der Waals surface area contributed by atoms with Crippen LogP contribution in [0.2, 0.25) is 5.02 Å². The van der Waals surface area contributed by atoms with Crippen LogP contribution in [0.3, 0.4) is 0 Å². The summed E-state index contributed by atoms with van der Waals surface area (Å²) in [4.78, 5) is 5.26. The van der Waals surface area contributed by atoms with Crippen LogP contribution in [0.5, 0.6) is 0 Å². The fourth-order valence-electron chi connectivity index (χ4n) is 1.72. The van der Waals surface area contributed by atoms with Crippen molar-refractivity contribution in [3.8, 4) is 0 Å². The number of benzene rings is 1. The third kappa shape index (κ3) is 3.96. The lowest BCUT2D eigenvalue weighted by Crippen LogP contribution is -2.11. The van der Waals surface area contributed by atoms with E-state index in [1.54, 1.807) is 24.2 Å². The Bertz CT molecular complexity index is 545. The molecule has 2 aromatic rings. The third-order valence-electron chi connectivity index (χ3n) is 3.04. The maximum atomic E-state index is 6.11. The first-order valence-electron chi connectivity index (χ1n) is 6.19. The highest BCUT2D eigenvalue weighted by molar-refractivity contribution is 7.98. The summed E-state index contributed by atoms with van der Waals surface area (Å²) in [6, 6.07) is 10.9. The average Bonchev–Trinajstić information content (AvgIpc) is 2.46. The summed E-state index contributed by atoms with van der Waals surface area (Å²) in [6.07, 6.45) is 3.47. The molecular formula is C15H17ClN2S. The zero-order valence-electron chi connectivity index (χ0n) is 11.1. The lowest BCUT2D eigenvalue weighted by atomic mass is 10.1. The van der Waals surface area contributed by atoms with E-state index in [1.807, 2.05) is 13.1 Å². The van der Waals surface area contributed by atoms with Gasteiger partial charge in [-0.15, -0.1) is 11.8 Å². The molecule has 19 heavy (non-hydrogen) atoms. The second-order valence-corrected chi connectivity index (χ2v) is 5.79. The Morgan fingerprint density at radius 2 is 2.21 bits per heavy atom. The van der Waals surface area contributed by atoms with Gasteiger partial charge in [-0.05, 0) is 43.3 Å². The van der Waals surface area contributed by atoms with Crippen LogP contribution in [-0.2, 0) is 5.75 Å². The van der Waals surface area contributed by atoms with E-state index in [0.717, 1.165) is 16.3 Å². The lowest BCUT2D eigenvalue weighted by molar-refractivity contribution is 0.651. The molecule has 2 nitrogen and oxygen atoms in total. The topological polar surface area (TPSA) is 24.9 Å². The smallest absolute Gasteiger partial charge is 0.0629 e. The van der Waals surface area contributed by atoms with Gasteiger partial charge in [0.1, 0.15) is 0 Å². The van der Waals surface area contributed by atoms with Crippen molar-refractivity contribution in [3.63, 3.8) is 0 Å². The van der Waals surface area contributed by atoms with Gasteiger partial charge in [0, 0.05) is 29.1 Å². The summed E-state index contributed by atoms with van der Waals surface area (Å²) >= 11 is 7.90. The number of thioether (sulfide) groups is 1. The van der Waals surface area contributed by atoms with Crippen molar-refractivity contribution in [1.29, 1.82) is 0 Å². The molecule has 0 aliphatic rings. The number of pyridine rings is 1. The Morgan fingerprint density at radius 1 is 1.37 bits per heavy atom. The number of aromatic nitrogens is 1. The molecule has 0 radical (unpaired) electrons. The van der Waals surface area contributed by atoms with Crippen molar-refractivity contribution >= 4 is 23.4 Å². The van der Waals surface area contributed by atoms with Crippen molar-refractivity contribution in [1.82, 2.24) is 10.3 Å². The summed E-state index contributed by atoms with van der Waals surface area (Å²) in [5.74, 6) is 0.860. The standard InChI is InChI=1S/C15H17ClN2S/c1-11(17-2)12-4-3-5-14(8-12)19-10-13-6-7-18-9-15(13)16/h3-9,11,17H,10H2,1-2H3. The minimum atomic E-state index is 0.366. The van der Waals surface area contributed by atoms with Crippen LogP contribution in [0.4, 0.5) is 0 Å². The molecule has 2 rings (SSSR count). The van der Waals surface area contributed by atoms with Gasteiger partial charge in [0.15, 0.2) is 0 Å². The van der Waals surface area contributed by atoms with E-state index in [1.165, 1.54) is 10.5 Å². The largest absolute Gasteiger partial charge is 0.313 e. The normalized spacial score (nSPS) is 12.4. The van der Waals surface area contributed by atoms with Gasteiger partial charge in [0.25, 0.3) is 0 Å². The molecule has 1 aromatic carbocycles. The van der Waals surface area contributed by atoms with E-state index in [-0.39, 0.29) is 0 Å². The Morgan fingerprint density at radius 3 is 2.95 bits per heavy atom. The highest BCUT2D eigenvalue weighted by atomic mass is 35.5. The van der Waals surface area contributed by atoms with Gasteiger partial charge < -0.3 is 5.32 Å². The molecule has 0 bridgehead atoms. The van der Waals surface area contributed by atoms with E-state index in [4.69, 9.17) is 11.6 Å². The lowest BCUT2D eigenvalue weighted by Gasteiger charge is -2.12. The molecule has 1 heterocycles. The van der Waals surface area contributed by atoms with Gasteiger partial charge in [0.05, 0.1) is 5.02 Å². The van der Waals surface area contributed by atoms with Crippen molar-refractivity contribution in [2.75, 3.05) is 7.05 Å². The van der Waals surface area contributed by atoms with Gasteiger partial charge in [-0.1, -0.05) is 23.7 Å². The zero-order chi connectivity index (χ0) is 13.7. The minimum absolute atomic E-state index is 0.366. The minimum Gasteiger partial charge on any atom is -0.313 e. The first-order valence-corrected chi connectivity index (χ1v) is 7.55. The van der Waals surface area contributed by atoms with Crippen molar-refractivity contribution in [2.24, 2.45) is 0 Å². The highest BCUT2D eigenvalue weighted by Gasteiger charge is 2.05. The summed E-state index contributed by atoms with van der Waals surface area (Å²) in [5.41, 5.74) is 2.42. The second kappa shape index (κ2) is 6.94. The second-order valence-electron chi connectivity index (χ2n) is 4.34. The van der Waals surface area contributed by atoms with Gasteiger partial charge in [0.2, 0.25) is 0 Å². The van der Waals surface area contributed by atoms with Crippen LogP contribution in [0.15, 0.2) is 47.6 Å². The Labute approximate surface area is 123 Å². The van der Waals surface area contributed by atoms with Crippen LogP contribution in [0.1, 0.15) is 24.1 Å². The molecule has 4 heteroatoms. The van der Waals surface area contributed by atoms with Crippen LogP contribution >= 0.6 is 23.4 Å². The molecule has 0 aliphatic carbocycles. The molecule has 1 N–H and O–H groups in total. The van der Waals surface area contributed by atoms with E-state index in [9.17, 15) is 0 Å². The fourth-order valence-corrected chi connectivity index (χ4v) is 2.96. The molecule has 1 atom stereocenters. The Balaban J connectivity index is 2.06. The summed E-state index contributed by atoms with van der Waals surface area (Å²) in [5, 5.41) is 3.98. The predicted molar refractivity (Wildman–Crippen MR) is 82.7 cm³/mol. The molecule has 1 unspecified atom stereocenters. The average molecular weight is 293 g/mol. The maximum absolute atomic E-state index is 6.11. The fraction of sp³-hybridized carbons (Fsp3) is 0.267. The van der Waals surface area contributed by atoms with Crippen molar-refractivity contribution in [2.45, 2.75) is 23.6 Å². The van der Waals surface area contributed by atoms with Crippen LogP contribution in [-0.4, -0.2) is 12.0 Å². The van der Waals surface area contributed by atoms with Crippen molar-refractivity contribution in [3.05, 3.63) is 58.9 Å². The Hall–Kier alpha value is -1.03. The van der Waals surface area contributed by atoms with Gasteiger partial charge in [-0.3, -0.25) is 4.98 Å². The number of hydrogen-bond acceptors (Lipinski definition) is 3. The molecule has 0 saturated heterocycles. The van der Waals surface area contributed by atoms with Crippen LogP contribution < -0.4 is 5.32 Å². The van der Waals surface area contributed by atoms with E-state index < -0.39 is 0 Å². The summed E-state index contributed by atoms with van der Waals surface area (Å²) < 4.78 is 0. The quantitative estimate of drug-likeness (QED) is 0.831. The van der Waals surface area contributed by atoms with Crippen molar-refractivity contribution < 1.29 is 0 Å². The molecule has 1 aromatic heterocycles. The number of hydrogen-bond donors (Lipinski definition) is 1. The first-order chi connectivity index (χ1) is 9.20. The van der Waals surface area contributed by atoms with Crippen LogP contribution in [0.25, 0.3) is 0 Å². The summed E-state index contributed by atoms with van der Waals surface area (Å²) in [7, 11) is 1.97. The number of rotatable bonds is 5. The molecular weight excluding hydrogens is 276 g/mol. The first kappa shape index (κ1) is 14.4. The van der Waals surface area contributed by atoms with Crippen LogP contribution in [0, 0.1) is 0 Å². The van der Waals surface area contributed by atoms with Gasteiger partial charge in [-0.2, -0.15) is 0 Å². The van der Waals surface area contributed by atoms with E-state index in [2.05, 4.69) is 41.5 Å². The molecule has 0 fully saturated rings. The van der Waals surface area contributed by atoms with E-state index >= 15 is 0 Å². The Kier molecular flexibility index (Phi) is 5.25. The molecule has 100 valence electrons. The molecule has 0 amide bonds. The number of halogens is 1.